The number of primary amides is 1. The first kappa shape index (κ1) is 66.0. The van der Waals surface area contributed by atoms with Crippen molar-refractivity contribution in [3.8, 4) is 0 Å². The molecule has 0 bridgehead atoms. The van der Waals surface area contributed by atoms with Crippen molar-refractivity contribution in [2.45, 2.75) is 88.4 Å². The Morgan fingerprint density at radius 1 is 0.435 bits per heavy atom. The van der Waals surface area contributed by atoms with Gasteiger partial charge < -0.3 is 79.1 Å². The Hall–Kier alpha value is -3.03. The number of carbonyl (C=O) groups excluding carboxylic acids is 2. The number of carboxylic acids is 2. The Labute approximate surface area is 415 Å². The number of nitrogens with one attached hydrogen (secondary N) is 1. The maximum absolute atomic E-state index is 11.5. The van der Waals surface area contributed by atoms with Crippen LogP contribution in [0.15, 0.2) is 29.2 Å². The first-order valence-corrected chi connectivity index (χ1v) is 25.5. The van der Waals surface area contributed by atoms with Crippen molar-refractivity contribution < 1.29 is 81.5 Å². The van der Waals surface area contributed by atoms with E-state index in [2.05, 4.69) is 5.32 Å². The van der Waals surface area contributed by atoms with Crippen LogP contribution in [0.1, 0.15) is 93.8 Å². The van der Waals surface area contributed by atoms with Crippen molar-refractivity contribution in [1.29, 1.82) is 0 Å². The van der Waals surface area contributed by atoms with Gasteiger partial charge in [-0.1, -0.05) is 44.9 Å². The number of aliphatic carboxylic acids is 1. The molecule has 0 unspecified atom stereocenters. The molecule has 0 atom stereocenters. The lowest BCUT2D eigenvalue weighted by molar-refractivity contribution is -0.137. The first-order chi connectivity index (χ1) is 33.8. The van der Waals surface area contributed by atoms with Gasteiger partial charge in [0.1, 0.15) is 0 Å². The zero-order chi connectivity index (χ0) is 50.4. The molecule has 7 N–H and O–H groups in total. The minimum Gasteiger partial charge on any atom is -0.481 e. The molecule has 0 heterocycles. The molecule has 1 rings (SSSR count). The third-order valence-electron chi connectivity index (χ3n) is 9.28. The van der Waals surface area contributed by atoms with Crippen LogP contribution in [-0.2, 0) is 66.5 Å². The van der Waals surface area contributed by atoms with E-state index in [0.717, 1.165) is 23.5 Å². The SMILES string of the molecule is NC(=O)CCCCCCCCCCCSc1ccc(C(=O)O)cc1.NCCOCCOCCOCCOCCOCCOCCOCCOCCOCCOCCOCCNC(=O)CCCC(=O)O. The number of amides is 2. The van der Waals surface area contributed by atoms with Gasteiger partial charge >= 0.3 is 11.9 Å². The van der Waals surface area contributed by atoms with Crippen LogP contribution in [0, 0.1) is 0 Å². The predicted molar refractivity (Wildman–Crippen MR) is 262 cm³/mol. The molecule has 0 spiro atoms. The van der Waals surface area contributed by atoms with Crippen molar-refractivity contribution in [2.24, 2.45) is 11.5 Å². The highest BCUT2D eigenvalue weighted by Crippen LogP contribution is 2.21. The quantitative estimate of drug-likeness (QED) is 0.0448. The zero-order valence-corrected chi connectivity index (χ0v) is 42.1. The van der Waals surface area contributed by atoms with Crippen LogP contribution in [0.5, 0.6) is 0 Å². The number of hydrogen-bond donors (Lipinski definition) is 5. The van der Waals surface area contributed by atoms with E-state index in [-0.39, 0.29) is 24.7 Å². The molecular formula is C48H87N3O17S. The summed E-state index contributed by atoms with van der Waals surface area (Å²) in [6, 6.07) is 7.08. The molecule has 0 saturated carbocycles. The van der Waals surface area contributed by atoms with E-state index < -0.39 is 11.9 Å². The summed E-state index contributed by atoms with van der Waals surface area (Å²) in [6.07, 6.45) is 11.8. The summed E-state index contributed by atoms with van der Waals surface area (Å²) in [5.74, 6) is -1.06. The Morgan fingerprint density at radius 2 is 0.783 bits per heavy atom. The van der Waals surface area contributed by atoms with Gasteiger partial charge in [-0.15, -0.1) is 11.8 Å². The van der Waals surface area contributed by atoms with Gasteiger partial charge in [-0.25, -0.2) is 4.79 Å². The molecule has 0 radical (unpaired) electrons. The minimum absolute atomic E-state index is 0.00867. The average Bonchev–Trinajstić information content (AvgIpc) is 3.33. The van der Waals surface area contributed by atoms with E-state index in [9.17, 15) is 19.2 Å². The van der Waals surface area contributed by atoms with Gasteiger partial charge in [0.15, 0.2) is 0 Å². The van der Waals surface area contributed by atoms with Gasteiger partial charge in [-0.05, 0) is 49.3 Å². The third kappa shape index (κ3) is 54.2. The lowest BCUT2D eigenvalue weighted by Gasteiger charge is -2.09. The number of carbonyl (C=O) groups is 4. The predicted octanol–water partition coefficient (Wildman–Crippen LogP) is 4.36. The van der Waals surface area contributed by atoms with Gasteiger partial charge in [0.25, 0.3) is 0 Å². The maximum Gasteiger partial charge on any atom is 0.335 e. The molecule has 0 aliphatic heterocycles. The standard InChI is InChI=1S/C29H58N2O14.C19H29NO3S/c30-4-6-35-8-10-37-12-14-39-16-18-41-20-22-43-24-26-45-27-25-44-23-21-42-19-17-40-15-13-38-11-9-36-7-5-31-28(32)2-1-3-29(33)34;20-18(21)10-8-6-4-2-1-3-5-7-9-15-24-17-13-11-16(12-14-17)19(22)23/h1-27,30H2,(H,31,32)(H,33,34);11-14H,1-10,15H2,(H2,20,21)(H,22,23). The molecule has 1 aromatic carbocycles. The Morgan fingerprint density at radius 3 is 1.13 bits per heavy atom. The number of nitrogens with two attached hydrogens (primary N) is 2. The lowest BCUT2D eigenvalue weighted by atomic mass is 10.1. The van der Waals surface area contributed by atoms with Gasteiger partial charge in [-0.3, -0.25) is 14.4 Å². The van der Waals surface area contributed by atoms with E-state index in [1.807, 2.05) is 12.1 Å². The highest BCUT2D eigenvalue weighted by molar-refractivity contribution is 7.99. The van der Waals surface area contributed by atoms with Crippen molar-refractivity contribution >= 4 is 35.5 Å². The second kappa shape index (κ2) is 54.3. The molecule has 20 nitrogen and oxygen atoms in total. The van der Waals surface area contributed by atoms with Crippen molar-refractivity contribution in [1.82, 2.24) is 5.32 Å². The van der Waals surface area contributed by atoms with E-state index in [1.165, 1.54) is 44.9 Å². The van der Waals surface area contributed by atoms with Gasteiger partial charge in [-0.2, -0.15) is 0 Å². The van der Waals surface area contributed by atoms with Crippen molar-refractivity contribution in [3.05, 3.63) is 29.8 Å². The molecule has 0 aliphatic rings. The topological polar surface area (TPSA) is 274 Å². The number of rotatable bonds is 53. The van der Waals surface area contributed by atoms with E-state index in [0.29, 0.717) is 177 Å². The van der Waals surface area contributed by atoms with E-state index >= 15 is 0 Å². The summed E-state index contributed by atoms with van der Waals surface area (Å²) in [5.41, 5.74) is 10.8. The summed E-state index contributed by atoms with van der Waals surface area (Å²) in [6.45, 7) is 11.6. The van der Waals surface area contributed by atoms with Crippen LogP contribution in [0.25, 0.3) is 0 Å². The minimum atomic E-state index is -0.902. The number of ether oxygens (including phenoxy) is 11. The molecule has 1 aromatic rings. The van der Waals surface area contributed by atoms with Crippen molar-refractivity contribution in [2.75, 3.05) is 164 Å². The van der Waals surface area contributed by atoms with Crippen LogP contribution < -0.4 is 16.8 Å². The largest absolute Gasteiger partial charge is 0.481 e. The number of aromatic carboxylic acids is 1. The van der Waals surface area contributed by atoms with Gasteiger partial charge in [0, 0.05) is 37.2 Å². The molecule has 0 fully saturated rings. The van der Waals surface area contributed by atoms with Gasteiger partial charge in [0.2, 0.25) is 11.8 Å². The number of carboxylic acid groups (broad SMARTS) is 2. The second-order valence-electron chi connectivity index (χ2n) is 15.2. The summed E-state index contributed by atoms with van der Waals surface area (Å²) >= 11 is 1.79. The maximum atomic E-state index is 11.5. The summed E-state index contributed by atoms with van der Waals surface area (Å²) < 4.78 is 59.4. The summed E-state index contributed by atoms with van der Waals surface area (Å²) in [5, 5.41) is 20.1. The fraction of sp³-hybridized carbons (Fsp3) is 0.792. The van der Waals surface area contributed by atoms with Crippen LogP contribution in [-0.4, -0.2) is 198 Å². The zero-order valence-electron chi connectivity index (χ0n) is 41.3. The Balaban J connectivity index is 0.00000161. The number of hydrogen-bond acceptors (Lipinski definition) is 17. The highest BCUT2D eigenvalue weighted by Gasteiger charge is 2.05. The summed E-state index contributed by atoms with van der Waals surface area (Å²) in [7, 11) is 0. The summed E-state index contributed by atoms with van der Waals surface area (Å²) in [4.78, 5) is 44.4. The number of thioether (sulfide) groups is 1. The molecule has 0 aromatic heterocycles. The first-order valence-electron chi connectivity index (χ1n) is 24.5. The van der Waals surface area contributed by atoms with E-state index in [1.54, 1.807) is 23.9 Å². The third-order valence-corrected chi connectivity index (χ3v) is 10.4. The molecule has 21 heteroatoms. The van der Waals surface area contributed by atoms with Crippen LogP contribution in [0.3, 0.4) is 0 Å². The lowest BCUT2D eigenvalue weighted by Crippen LogP contribution is -2.27. The fourth-order valence-corrected chi connectivity index (χ4v) is 6.57. The molecule has 69 heavy (non-hydrogen) atoms. The fourth-order valence-electron chi connectivity index (χ4n) is 5.66. The van der Waals surface area contributed by atoms with Crippen LogP contribution in [0.4, 0.5) is 0 Å². The van der Waals surface area contributed by atoms with Crippen LogP contribution in [0.2, 0.25) is 0 Å². The Kier molecular flexibility index (Phi) is 51.9. The molecular weight excluding hydrogens is 923 g/mol. The van der Waals surface area contributed by atoms with Crippen LogP contribution >= 0.6 is 11.8 Å². The Bertz CT molecular complexity index is 1310. The molecule has 0 saturated heterocycles. The normalized spacial score (nSPS) is 11.1. The number of benzene rings is 1. The highest BCUT2D eigenvalue weighted by atomic mass is 32.2. The number of unbranched alkanes of at least 4 members (excludes halogenated alkanes) is 8. The average molecular weight is 1010 g/mol. The molecule has 402 valence electrons. The van der Waals surface area contributed by atoms with E-state index in [4.69, 9.17) is 73.8 Å². The van der Waals surface area contributed by atoms with Crippen molar-refractivity contribution in [3.63, 3.8) is 0 Å². The van der Waals surface area contributed by atoms with Gasteiger partial charge in [0.05, 0.1) is 151 Å². The molecule has 0 aliphatic carbocycles. The smallest absolute Gasteiger partial charge is 0.335 e. The molecule has 2 amide bonds. The second-order valence-corrected chi connectivity index (χ2v) is 16.4. The monoisotopic (exact) mass is 1010 g/mol.